The topological polar surface area (TPSA) is 43.9 Å². The van der Waals surface area contributed by atoms with Crippen LogP contribution in [0.15, 0.2) is 53.1 Å². The van der Waals surface area contributed by atoms with E-state index < -0.39 is 0 Å². The number of carbonyl (C=O) groups excluding carboxylic acids is 1. The molecule has 0 N–H and O–H groups in total. The third-order valence-corrected chi connectivity index (χ3v) is 4.06. The lowest BCUT2D eigenvalue weighted by molar-refractivity contribution is 0.111. The van der Waals surface area contributed by atoms with E-state index in [0.717, 1.165) is 39.6 Å². The summed E-state index contributed by atoms with van der Waals surface area (Å²) in [6.45, 7) is 2.00. The van der Waals surface area contributed by atoms with Crippen molar-refractivity contribution in [2.45, 2.75) is 6.92 Å². The number of pyridine rings is 1. The van der Waals surface area contributed by atoms with Crippen molar-refractivity contribution < 1.29 is 13.9 Å². The van der Waals surface area contributed by atoms with E-state index in [1.54, 1.807) is 7.11 Å². The molecule has 114 valence electrons. The van der Waals surface area contributed by atoms with Crippen LogP contribution in [-0.4, -0.2) is 17.8 Å². The predicted octanol–water partition coefficient (Wildman–Crippen LogP) is 4.48. The monoisotopic (exact) mass is 305 g/mol. The van der Waals surface area contributed by atoms with Crippen LogP contribution in [0.5, 0.6) is 5.75 Å². The lowest BCUT2D eigenvalue weighted by atomic mass is 10.1. The molecule has 0 saturated heterocycles. The number of nitrogens with zero attached hydrogens (tertiary/aromatic N) is 1. The zero-order valence-corrected chi connectivity index (χ0v) is 12.9. The third kappa shape index (κ3) is 2.11. The molecule has 3 heterocycles. The van der Waals surface area contributed by atoms with Crippen LogP contribution in [0.25, 0.3) is 27.8 Å². The fourth-order valence-corrected chi connectivity index (χ4v) is 2.89. The van der Waals surface area contributed by atoms with Crippen molar-refractivity contribution in [3.05, 3.63) is 59.9 Å². The van der Waals surface area contributed by atoms with Gasteiger partial charge in [0.05, 0.1) is 12.8 Å². The molecule has 0 saturated carbocycles. The van der Waals surface area contributed by atoms with Crippen LogP contribution in [-0.2, 0) is 0 Å². The molecule has 3 aromatic heterocycles. The number of aryl methyl sites for hydroxylation is 1. The van der Waals surface area contributed by atoms with Crippen molar-refractivity contribution >= 4 is 22.8 Å². The first-order valence-corrected chi connectivity index (χ1v) is 7.34. The molecule has 4 aromatic rings. The summed E-state index contributed by atoms with van der Waals surface area (Å²) in [5, 5.41) is 0.947. The fraction of sp³-hybridized carbons (Fsp3) is 0.105. The molecule has 0 aliphatic carbocycles. The van der Waals surface area contributed by atoms with Gasteiger partial charge in [0.2, 0.25) is 0 Å². The molecule has 4 nitrogen and oxygen atoms in total. The molecule has 0 radical (unpaired) electrons. The highest BCUT2D eigenvalue weighted by Gasteiger charge is 2.15. The van der Waals surface area contributed by atoms with Gasteiger partial charge in [-0.05, 0) is 48.9 Å². The summed E-state index contributed by atoms with van der Waals surface area (Å²) in [7, 11) is 1.63. The number of aromatic nitrogens is 1. The van der Waals surface area contributed by atoms with Crippen molar-refractivity contribution in [1.82, 2.24) is 4.40 Å². The van der Waals surface area contributed by atoms with Gasteiger partial charge < -0.3 is 13.6 Å². The number of furan rings is 1. The fourth-order valence-electron chi connectivity index (χ4n) is 2.89. The Balaban J connectivity index is 1.96. The van der Waals surface area contributed by atoms with Gasteiger partial charge >= 0.3 is 0 Å². The number of aldehydes is 1. The molecule has 23 heavy (non-hydrogen) atoms. The average Bonchev–Trinajstić information content (AvgIpc) is 3.14. The van der Waals surface area contributed by atoms with Gasteiger partial charge in [0.1, 0.15) is 17.1 Å². The molecule has 4 rings (SSSR count). The maximum Gasteiger partial charge on any atom is 0.167 e. The van der Waals surface area contributed by atoms with E-state index in [1.165, 1.54) is 0 Å². The van der Waals surface area contributed by atoms with Gasteiger partial charge in [-0.2, -0.15) is 0 Å². The zero-order valence-electron chi connectivity index (χ0n) is 12.9. The Hall–Kier alpha value is -3.01. The van der Waals surface area contributed by atoms with E-state index in [4.69, 9.17) is 9.15 Å². The second-order valence-electron chi connectivity index (χ2n) is 5.58. The second kappa shape index (κ2) is 5.02. The van der Waals surface area contributed by atoms with Crippen LogP contribution in [0.4, 0.5) is 0 Å². The Morgan fingerprint density at radius 1 is 1.13 bits per heavy atom. The molecule has 0 aliphatic rings. The minimum Gasteiger partial charge on any atom is -0.497 e. The van der Waals surface area contributed by atoms with Gasteiger partial charge in [-0.3, -0.25) is 4.79 Å². The average molecular weight is 305 g/mol. The Morgan fingerprint density at radius 2 is 2.00 bits per heavy atom. The number of rotatable bonds is 3. The highest BCUT2D eigenvalue weighted by Crippen LogP contribution is 2.33. The van der Waals surface area contributed by atoms with E-state index in [2.05, 4.69) is 0 Å². The first kappa shape index (κ1) is 13.6. The minimum atomic E-state index is 0.592. The van der Waals surface area contributed by atoms with Crippen LogP contribution >= 0.6 is 0 Å². The Morgan fingerprint density at radius 3 is 2.78 bits per heavy atom. The van der Waals surface area contributed by atoms with Crippen LogP contribution in [0.2, 0.25) is 0 Å². The first-order valence-electron chi connectivity index (χ1n) is 7.34. The quantitative estimate of drug-likeness (QED) is 0.524. The number of hydrogen-bond donors (Lipinski definition) is 0. The normalized spacial score (nSPS) is 11.2. The van der Waals surface area contributed by atoms with Gasteiger partial charge in [0.15, 0.2) is 6.29 Å². The van der Waals surface area contributed by atoms with Gasteiger partial charge in [-0.1, -0.05) is 6.07 Å². The van der Waals surface area contributed by atoms with Crippen LogP contribution in [0.1, 0.15) is 16.1 Å². The molecule has 4 heteroatoms. The van der Waals surface area contributed by atoms with Crippen LogP contribution in [0.3, 0.4) is 0 Å². The van der Waals surface area contributed by atoms with E-state index in [1.807, 2.05) is 60.0 Å². The van der Waals surface area contributed by atoms with Crippen molar-refractivity contribution in [3.8, 4) is 17.1 Å². The Labute approximate surface area is 132 Å². The highest BCUT2D eigenvalue weighted by molar-refractivity contribution is 5.92. The molecule has 0 bridgehead atoms. The number of fused-ring (bicyclic) bond motifs is 2. The molecule has 0 spiro atoms. The number of hydrogen-bond acceptors (Lipinski definition) is 3. The van der Waals surface area contributed by atoms with Crippen molar-refractivity contribution in [3.63, 3.8) is 0 Å². The molecular formula is C19H15NO3. The highest BCUT2D eigenvalue weighted by atomic mass is 16.5. The largest absolute Gasteiger partial charge is 0.497 e. The van der Waals surface area contributed by atoms with Gasteiger partial charge in [0, 0.05) is 22.7 Å². The summed E-state index contributed by atoms with van der Waals surface area (Å²) in [6.07, 6.45) is 2.82. The molecule has 0 unspecified atom stereocenters. The SMILES string of the molecule is COc1ccc2oc(-c3cc4ccc(C)cn4c3C=O)cc2c1. The summed E-state index contributed by atoms with van der Waals surface area (Å²) in [4.78, 5) is 11.6. The van der Waals surface area contributed by atoms with Crippen LogP contribution in [0, 0.1) is 6.92 Å². The minimum absolute atomic E-state index is 0.592. The molecule has 1 aromatic carbocycles. The van der Waals surface area contributed by atoms with Crippen molar-refractivity contribution in [2.24, 2.45) is 0 Å². The maximum absolute atomic E-state index is 11.6. The van der Waals surface area contributed by atoms with E-state index in [0.29, 0.717) is 11.5 Å². The summed E-state index contributed by atoms with van der Waals surface area (Å²) in [6, 6.07) is 13.6. The number of ether oxygens (including phenoxy) is 1. The molecule has 0 amide bonds. The summed E-state index contributed by atoms with van der Waals surface area (Å²) in [5.41, 5.74) is 4.21. The van der Waals surface area contributed by atoms with E-state index in [-0.39, 0.29) is 0 Å². The van der Waals surface area contributed by atoms with Crippen molar-refractivity contribution in [2.75, 3.05) is 7.11 Å². The van der Waals surface area contributed by atoms with Gasteiger partial charge in [0.25, 0.3) is 0 Å². The standard InChI is InChI=1S/C19H15NO3/c1-12-3-4-14-9-16(17(11-21)20(14)10-12)19-8-13-7-15(22-2)5-6-18(13)23-19/h3-11H,1-2H3. The molecular weight excluding hydrogens is 290 g/mol. The smallest absolute Gasteiger partial charge is 0.167 e. The second-order valence-corrected chi connectivity index (χ2v) is 5.58. The van der Waals surface area contributed by atoms with E-state index in [9.17, 15) is 4.79 Å². The predicted molar refractivity (Wildman–Crippen MR) is 89.3 cm³/mol. The summed E-state index contributed by atoms with van der Waals surface area (Å²) >= 11 is 0. The molecule has 0 atom stereocenters. The third-order valence-electron chi connectivity index (χ3n) is 4.06. The molecule has 0 fully saturated rings. The van der Waals surface area contributed by atoms with Gasteiger partial charge in [-0.25, -0.2) is 0 Å². The summed E-state index contributed by atoms with van der Waals surface area (Å²) in [5.74, 6) is 1.45. The van der Waals surface area contributed by atoms with Crippen molar-refractivity contribution in [1.29, 1.82) is 0 Å². The van der Waals surface area contributed by atoms with Crippen LogP contribution < -0.4 is 4.74 Å². The number of methoxy groups -OCH3 is 1. The lowest BCUT2D eigenvalue weighted by Crippen LogP contribution is -1.92. The van der Waals surface area contributed by atoms with E-state index >= 15 is 0 Å². The Bertz CT molecular complexity index is 1040. The first-order chi connectivity index (χ1) is 11.2. The number of carbonyl (C=O) groups is 1. The van der Waals surface area contributed by atoms with Gasteiger partial charge in [-0.15, -0.1) is 0 Å². The lowest BCUT2D eigenvalue weighted by Gasteiger charge is -1.99. The number of benzene rings is 1. The zero-order chi connectivity index (χ0) is 16.0. The molecule has 0 aliphatic heterocycles. The Kier molecular flexibility index (Phi) is 2.98. The maximum atomic E-state index is 11.6. The summed E-state index contributed by atoms with van der Waals surface area (Å²) < 4.78 is 13.1.